The molecule has 2 heterocycles. The molecule has 3 aromatic rings. The van der Waals surface area contributed by atoms with Gasteiger partial charge in [0.15, 0.2) is 5.82 Å². The first-order valence-electron chi connectivity index (χ1n) is 8.43. The topological polar surface area (TPSA) is 82.8 Å². The maximum Gasteiger partial charge on any atom is 0.258 e. The Morgan fingerprint density at radius 1 is 1.20 bits per heavy atom. The number of aryl methyl sites for hydroxylation is 2. The first-order chi connectivity index (χ1) is 12.0. The van der Waals surface area contributed by atoms with Gasteiger partial charge in [-0.15, -0.1) is 0 Å². The monoisotopic (exact) mass is 341 g/mol. The largest absolute Gasteiger partial charge is 0.334 e. The van der Waals surface area contributed by atoms with Crippen LogP contribution in [0.15, 0.2) is 28.8 Å². The summed E-state index contributed by atoms with van der Waals surface area (Å²) < 4.78 is 21.5. The number of hydrogen-bond donors (Lipinski definition) is 1. The molecule has 1 aliphatic rings. The summed E-state index contributed by atoms with van der Waals surface area (Å²) in [5.74, 6) is 0.389. The van der Waals surface area contributed by atoms with E-state index in [0.717, 1.165) is 37.1 Å². The van der Waals surface area contributed by atoms with E-state index in [-0.39, 0.29) is 5.89 Å². The van der Waals surface area contributed by atoms with Crippen LogP contribution in [-0.4, -0.2) is 19.9 Å². The van der Waals surface area contributed by atoms with Crippen molar-refractivity contribution in [2.24, 2.45) is 5.73 Å². The molecule has 0 spiro atoms. The van der Waals surface area contributed by atoms with Crippen molar-refractivity contribution >= 4 is 0 Å². The summed E-state index contributed by atoms with van der Waals surface area (Å²) in [5, 5.41) is 8.34. The quantitative estimate of drug-likeness (QED) is 0.789. The molecule has 4 rings (SSSR count). The van der Waals surface area contributed by atoms with Gasteiger partial charge < -0.3 is 10.3 Å². The van der Waals surface area contributed by atoms with E-state index in [2.05, 4.69) is 15.2 Å². The summed E-state index contributed by atoms with van der Waals surface area (Å²) in [7, 11) is 0. The van der Waals surface area contributed by atoms with Gasteiger partial charge in [-0.25, -0.2) is 9.07 Å². The SMILES string of the molecule is Cc1cc(C)n(-c2ccc(-c3nc(C4(N)CCCC4)no3)cc2F)n1. The van der Waals surface area contributed by atoms with Crippen LogP contribution in [0.3, 0.4) is 0 Å². The molecule has 0 radical (unpaired) electrons. The van der Waals surface area contributed by atoms with Gasteiger partial charge in [-0.1, -0.05) is 18.0 Å². The highest BCUT2D eigenvalue weighted by molar-refractivity contribution is 5.56. The standard InChI is InChI=1S/C18H20FN5O/c1-11-9-12(2)24(22-11)15-6-5-13(10-14(15)19)16-21-17(23-25-16)18(20)7-3-4-8-18/h5-6,9-10H,3-4,7-8,20H2,1-2H3. The average molecular weight is 341 g/mol. The lowest BCUT2D eigenvalue weighted by molar-refractivity contribution is 0.372. The fraction of sp³-hybridized carbons (Fsp3) is 0.389. The van der Waals surface area contributed by atoms with Crippen LogP contribution >= 0.6 is 0 Å². The van der Waals surface area contributed by atoms with Crippen LogP contribution in [0.2, 0.25) is 0 Å². The third-order valence-electron chi connectivity index (χ3n) is 4.80. The lowest BCUT2D eigenvalue weighted by atomic mass is 9.99. The van der Waals surface area contributed by atoms with E-state index < -0.39 is 11.4 Å². The van der Waals surface area contributed by atoms with E-state index in [1.54, 1.807) is 16.8 Å². The number of benzene rings is 1. The highest BCUT2D eigenvalue weighted by atomic mass is 19.1. The van der Waals surface area contributed by atoms with Crippen LogP contribution in [0.4, 0.5) is 4.39 Å². The molecule has 1 aliphatic carbocycles. The minimum atomic E-state index is -0.524. The minimum absolute atomic E-state index is 0.283. The number of nitrogens with zero attached hydrogens (tertiary/aromatic N) is 4. The minimum Gasteiger partial charge on any atom is -0.334 e. The maximum absolute atomic E-state index is 14.6. The predicted molar refractivity (Wildman–Crippen MR) is 90.6 cm³/mol. The molecular formula is C18H20FN5O. The summed E-state index contributed by atoms with van der Waals surface area (Å²) in [6, 6.07) is 6.71. The van der Waals surface area contributed by atoms with Crippen molar-refractivity contribution in [3.05, 3.63) is 47.3 Å². The molecule has 0 bridgehead atoms. The van der Waals surface area contributed by atoms with E-state index in [4.69, 9.17) is 10.3 Å². The van der Waals surface area contributed by atoms with Gasteiger partial charge in [-0.2, -0.15) is 10.1 Å². The molecule has 7 heteroatoms. The van der Waals surface area contributed by atoms with Crippen molar-refractivity contribution in [3.8, 4) is 17.1 Å². The summed E-state index contributed by atoms with van der Waals surface area (Å²) in [6.45, 7) is 3.77. The normalized spacial score (nSPS) is 16.5. The van der Waals surface area contributed by atoms with E-state index in [9.17, 15) is 4.39 Å². The second-order valence-corrected chi connectivity index (χ2v) is 6.79. The lowest BCUT2D eigenvalue weighted by Crippen LogP contribution is -2.34. The molecule has 0 saturated heterocycles. The highest BCUT2D eigenvalue weighted by Crippen LogP contribution is 2.35. The molecule has 0 unspecified atom stereocenters. The Labute approximate surface area is 144 Å². The molecule has 6 nitrogen and oxygen atoms in total. The van der Waals surface area contributed by atoms with Crippen LogP contribution in [0.1, 0.15) is 42.9 Å². The van der Waals surface area contributed by atoms with Crippen molar-refractivity contribution in [1.29, 1.82) is 0 Å². The first kappa shape index (κ1) is 16.0. The molecule has 1 saturated carbocycles. The zero-order chi connectivity index (χ0) is 17.6. The zero-order valence-corrected chi connectivity index (χ0v) is 14.3. The zero-order valence-electron chi connectivity index (χ0n) is 14.3. The molecule has 1 aromatic carbocycles. The Morgan fingerprint density at radius 2 is 1.96 bits per heavy atom. The van der Waals surface area contributed by atoms with E-state index in [1.165, 1.54) is 6.07 Å². The molecular weight excluding hydrogens is 321 g/mol. The second-order valence-electron chi connectivity index (χ2n) is 6.79. The van der Waals surface area contributed by atoms with Gasteiger partial charge in [0.05, 0.1) is 11.2 Å². The van der Waals surface area contributed by atoms with Crippen molar-refractivity contribution in [1.82, 2.24) is 19.9 Å². The molecule has 0 atom stereocenters. The lowest BCUT2D eigenvalue weighted by Gasteiger charge is -2.17. The second kappa shape index (κ2) is 5.77. The van der Waals surface area contributed by atoms with Crippen molar-refractivity contribution < 1.29 is 8.91 Å². The number of hydrogen-bond acceptors (Lipinski definition) is 5. The van der Waals surface area contributed by atoms with Gasteiger partial charge in [0.25, 0.3) is 5.89 Å². The summed E-state index contributed by atoms with van der Waals surface area (Å²) >= 11 is 0. The van der Waals surface area contributed by atoms with Gasteiger partial charge in [0.2, 0.25) is 0 Å². The van der Waals surface area contributed by atoms with Crippen LogP contribution in [-0.2, 0) is 5.54 Å². The third kappa shape index (κ3) is 2.74. The Bertz CT molecular complexity index is 923. The molecule has 25 heavy (non-hydrogen) atoms. The summed E-state index contributed by atoms with van der Waals surface area (Å²) in [6.07, 6.45) is 3.81. The highest BCUT2D eigenvalue weighted by Gasteiger charge is 2.36. The molecule has 1 fully saturated rings. The van der Waals surface area contributed by atoms with Crippen LogP contribution < -0.4 is 5.73 Å². The van der Waals surface area contributed by atoms with E-state index in [0.29, 0.717) is 17.1 Å². The Kier molecular flexibility index (Phi) is 3.68. The van der Waals surface area contributed by atoms with Gasteiger partial charge in [0.1, 0.15) is 11.5 Å². The summed E-state index contributed by atoms with van der Waals surface area (Å²) in [4.78, 5) is 4.41. The van der Waals surface area contributed by atoms with E-state index >= 15 is 0 Å². The van der Waals surface area contributed by atoms with Crippen LogP contribution in [0.5, 0.6) is 0 Å². The molecule has 0 amide bonds. The number of rotatable bonds is 3. The smallest absolute Gasteiger partial charge is 0.258 e. The fourth-order valence-electron chi connectivity index (χ4n) is 3.46. The molecule has 130 valence electrons. The predicted octanol–water partition coefficient (Wildman–Crippen LogP) is 3.41. The maximum atomic E-state index is 14.6. The van der Waals surface area contributed by atoms with Crippen molar-refractivity contribution in [2.45, 2.75) is 45.1 Å². The van der Waals surface area contributed by atoms with E-state index in [1.807, 2.05) is 19.9 Å². The van der Waals surface area contributed by atoms with Crippen LogP contribution in [0.25, 0.3) is 17.1 Å². The number of nitrogens with two attached hydrogens (primary N) is 1. The molecule has 0 aliphatic heterocycles. The van der Waals surface area contributed by atoms with Gasteiger partial charge in [-0.05, 0) is 51.0 Å². The summed E-state index contributed by atoms with van der Waals surface area (Å²) in [5.41, 5.74) is 8.46. The Balaban J connectivity index is 1.67. The first-order valence-corrected chi connectivity index (χ1v) is 8.43. The van der Waals surface area contributed by atoms with Gasteiger partial charge >= 0.3 is 0 Å². The number of halogens is 1. The molecule has 2 N–H and O–H groups in total. The van der Waals surface area contributed by atoms with Gasteiger partial charge in [-0.3, -0.25) is 0 Å². The number of aromatic nitrogens is 4. The average Bonchev–Trinajstić information content (AvgIpc) is 3.28. The molecule has 2 aromatic heterocycles. The Hall–Kier alpha value is -2.54. The fourth-order valence-corrected chi connectivity index (χ4v) is 3.46. The van der Waals surface area contributed by atoms with Gasteiger partial charge in [0, 0.05) is 11.3 Å². The van der Waals surface area contributed by atoms with Crippen molar-refractivity contribution in [2.75, 3.05) is 0 Å². The Morgan fingerprint density at radius 3 is 2.60 bits per heavy atom. The van der Waals surface area contributed by atoms with Crippen molar-refractivity contribution in [3.63, 3.8) is 0 Å². The third-order valence-corrected chi connectivity index (χ3v) is 4.80. The van der Waals surface area contributed by atoms with Crippen LogP contribution in [0, 0.1) is 19.7 Å².